The molecular formula is C16H36N2O. The van der Waals surface area contributed by atoms with Gasteiger partial charge in [0.25, 0.3) is 0 Å². The van der Waals surface area contributed by atoms with E-state index in [0.29, 0.717) is 18.1 Å². The van der Waals surface area contributed by atoms with Crippen LogP contribution in [0.1, 0.15) is 60.3 Å². The zero-order valence-corrected chi connectivity index (χ0v) is 14.0. The summed E-state index contributed by atoms with van der Waals surface area (Å²) in [5.74, 6) is 0. The molecule has 0 bridgehead atoms. The second-order valence-corrected chi connectivity index (χ2v) is 5.80. The van der Waals surface area contributed by atoms with E-state index in [2.05, 4.69) is 44.8 Å². The predicted octanol–water partition coefficient (Wildman–Crippen LogP) is 3.29. The van der Waals surface area contributed by atoms with Gasteiger partial charge < -0.3 is 10.1 Å². The number of ether oxygens (including phenoxy) is 1. The molecule has 1 unspecified atom stereocenters. The average Bonchev–Trinajstić information content (AvgIpc) is 2.39. The summed E-state index contributed by atoms with van der Waals surface area (Å²) < 4.78 is 5.26. The molecule has 3 heteroatoms. The van der Waals surface area contributed by atoms with Gasteiger partial charge >= 0.3 is 0 Å². The van der Waals surface area contributed by atoms with Crippen molar-refractivity contribution in [3.63, 3.8) is 0 Å². The van der Waals surface area contributed by atoms with Crippen molar-refractivity contribution in [3.8, 4) is 0 Å². The first kappa shape index (κ1) is 18.9. The molecule has 0 spiro atoms. The minimum Gasteiger partial charge on any atom is -0.383 e. The first-order valence-corrected chi connectivity index (χ1v) is 8.04. The predicted molar refractivity (Wildman–Crippen MR) is 84.8 cm³/mol. The van der Waals surface area contributed by atoms with E-state index in [1.165, 1.54) is 25.7 Å². The Morgan fingerprint density at radius 3 is 2.21 bits per heavy atom. The van der Waals surface area contributed by atoms with Crippen LogP contribution in [0.15, 0.2) is 0 Å². The number of nitrogens with one attached hydrogen (secondary N) is 1. The molecular weight excluding hydrogens is 236 g/mol. The molecule has 0 aliphatic rings. The van der Waals surface area contributed by atoms with E-state index in [4.69, 9.17) is 4.74 Å². The van der Waals surface area contributed by atoms with Gasteiger partial charge in [0.15, 0.2) is 0 Å². The molecule has 0 aliphatic carbocycles. The van der Waals surface area contributed by atoms with Crippen LogP contribution in [0.25, 0.3) is 0 Å². The number of rotatable bonds is 12. The van der Waals surface area contributed by atoms with E-state index in [-0.39, 0.29) is 0 Å². The summed E-state index contributed by atoms with van der Waals surface area (Å²) in [5.41, 5.74) is 0. The molecule has 0 saturated carbocycles. The molecule has 19 heavy (non-hydrogen) atoms. The highest BCUT2D eigenvalue weighted by atomic mass is 16.5. The molecule has 0 saturated heterocycles. The Balaban J connectivity index is 4.16. The third-order valence-corrected chi connectivity index (χ3v) is 3.88. The summed E-state index contributed by atoms with van der Waals surface area (Å²) in [7, 11) is 1.79. The molecule has 1 N–H and O–H groups in total. The quantitative estimate of drug-likeness (QED) is 0.552. The SMILES string of the molecule is CCC(CC)N(CCOC)C(C)CCCNC(C)C. The van der Waals surface area contributed by atoms with Crippen LogP contribution in [0.4, 0.5) is 0 Å². The lowest BCUT2D eigenvalue weighted by Crippen LogP contribution is -2.43. The molecule has 116 valence electrons. The Morgan fingerprint density at radius 2 is 1.74 bits per heavy atom. The molecule has 0 aromatic rings. The van der Waals surface area contributed by atoms with Gasteiger partial charge in [-0.3, -0.25) is 4.90 Å². The highest BCUT2D eigenvalue weighted by Gasteiger charge is 2.20. The Bertz CT molecular complexity index is 193. The van der Waals surface area contributed by atoms with Crippen molar-refractivity contribution in [2.45, 2.75) is 78.4 Å². The van der Waals surface area contributed by atoms with E-state index in [9.17, 15) is 0 Å². The summed E-state index contributed by atoms with van der Waals surface area (Å²) in [6.45, 7) is 14.4. The topological polar surface area (TPSA) is 24.5 Å². The van der Waals surface area contributed by atoms with Gasteiger partial charge in [0, 0.05) is 31.8 Å². The molecule has 0 fully saturated rings. The Morgan fingerprint density at radius 1 is 1.11 bits per heavy atom. The van der Waals surface area contributed by atoms with Gasteiger partial charge in [-0.05, 0) is 39.2 Å². The number of nitrogens with zero attached hydrogens (tertiary/aromatic N) is 1. The van der Waals surface area contributed by atoms with E-state index in [1.807, 2.05) is 0 Å². The molecule has 1 atom stereocenters. The highest BCUT2D eigenvalue weighted by molar-refractivity contribution is 4.75. The van der Waals surface area contributed by atoms with E-state index >= 15 is 0 Å². The van der Waals surface area contributed by atoms with E-state index in [1.54, 1.807) is 7.11 Å². The molecule has 0 aromatic carbocycles. The molecule has 0 heterocycles. The Kier molecular flexibility index (Phi) is 11.6. The summed E-state index contributed by atoms with van der Waals surface area (Å²) in [4.78, 5) is 2.64. The van der Waals surface area contributed by atoms with Crippen molar-refractivity contribution < 1.29 is 4.74 Å². The molecule has 0 aromatic heterocycles. The fourth-order valence-corrected chi connectivity index (χ4v) is 2.67. The first-order valence-electron chi connectivity index (χ1n) is 8.04. The number of methoxy groups -OCH3 is 1. The smallest absolute Gasteiger partial charge is 0.0589 e. The molecule has 3 nitrogen and oxygen atoms in total. The van der Waals surface area contributed by atoms with Crippen molar-refractivity contribution in [1.29, 1.82) is 0 Å². The lowest BCUT2D eigenvalue weighted by Gasteiger charge is -2.35. The van der Waals surface area contributed by atoms with Crippen molar-refractivity contribution in [2.24, 2.45) is 0 Å². The van der Waals surface area contributed by atoms with Crippen molar-refractivity contribution >= 4 is 0 Å². The minimum absolute atomic E-state index is 0.596. The Hall–Kier alpha value is -0.120. The second-order valence-electron chi connectivity index (χ2n) is 5.80. The number of hydrogen-bond donors (Lipinski definition) is 1. The van der Waals surface area contributed by atoms with Crippen LogP contribution in [0.5, 0.6) is 0 Å². The van der Waals surface area contributed by atoms with Crippen LogP contribution in [0, 0.1) is 0 Å². The van der Waals surface area contributed by atoms with Crippen LogP contribution < -0.4 is 5.32 Å². The summed E-state index contributed by atoms with van der Waals surface area (Å²) >= 11 is 0. The van der Waals surface area contributed by atoms with Crippen molar-refractivity contribution in [2.75, 3.05) is 26.8 Å². The van der Waals surface area contributed by atoms with Gasteiger partial charge in [-0.2, -0.15) is 0 Å². The van der Waals surface area contributed by atoms with Crippen LogP contribution in [-0.2, 0) is 4.74 Å². The maximum absolute atomic E-state index is 5.26. The largest absolute Gasteiger partial charge is 0.383 e. The first-order chi connectivity index (χ1) is 9.06. The molecule has 0 rings (SSSR count). The minimum atomic E-state index is 0.596. The van der Waals surface area contributed by atoms with Gasteiger partial charge in [-0.25, -0.2) is 0 Å². The van der Waals surface area contributed by atoms with Gasteiger partial charge in [-0.1, -0.05) is 27.7 Å². The molecule has 0 radical (unpaired) electrons. The van der Waals surface area contributed by atoms with Gasteiger partial charge in [0.1, 0.15) is 0 Å². The monoisotopic (exact) mass is 272 g/mol. The fourth-order valence-electron chi connectivity index (χ4n) is 2.67. The lowest BCUT2D eigenvalue weighted by atomic mass is 10.0. The van der Waals surface area contributed by atoms with Crippen LogP contribution in [0.2, 0.25) is 0 Å². The van der Waals surface area contributed by atoms with Gasteiger partial charge in [-0.15, -0.1) is 0 Å². The second kappa shape index (κ2) is 11.7. The third-order valence-electron chi connectivity index (χ3n) is 3.88. The fraction of sp³-hybridized carbons (Fsp3) is 1.00. The maximum Gasteiger partial charge on any atom is 0.0589 e. The standard InChI is InChI=1S/C16H36N2O/c1-7-16(8-2)18(12-13-19-6)15(5)10-9-11-17-14(3)4/h14-17H,7-13H2,1-6H3. The summed E-state index contributed by atoms with van der Waals surface area (Å²) in [6.07, 6.45) is 4.98. The lowest BCUT2D eigenvalue weighted by molar-refractivity contribution is 0.0814. The van der Waals surface area contributed by atoms with Gasteiger partial charge in [0.2, 0.25) is 0 Å². The average molecular weight is 272 g/mol. The van der Waals surface area contributed by atoms with Crippen molar-refractivity contribution in [1.82, 2.24) is 10.2 Å². The van der Waals surface area contributed by atoms with Gasteiger partial charge in [0.05, 0.1) is 6.61 Å². The van der Waals surface area contributed by atoms with Crippen LogP contribution in [0.3, 0.4) is 0 Å². The van der Waals surface area contributed by atoms with E-state index in [0.717, 1.165) is 19.7 Å². The summed E-state index contributed by atoms with van der Waals surface area (Å²) in [6, 6.07) is 1.94. The zero-order chi connectivity index (χ0) is 14.7. The zero-order valence-electron chi connectivity index (χ0n) is 14.0. The summed E-state index contributed by atoms with van der Waals surface area (Å²) in [5, 5.41) is 3.50. The normalized spacial score (nSPS) is 13.7. The van der Waals surface area contributed by atoms with Crippen LogP contribution >= 0.6 is 0 Å². The maximum atomic E-state index is 5.26. The Labute approximate surface area is 121 Å². The molecule has 0 aliphatic heterocycles. The third kappa shape index (κ3) is 8.61. The molecule has 0 amide bonds. The number of hydrogen-bond acceptors (Lipinski definition) is 3. The van der Waals surface area contributed by atoms with E-state index < -0.39 is 0 Å². The van der Waals surface area contributed by atoms with Crippen molar-refractivity contribution in [3.05, 3.63) is 0 Å². The van der Waals surface area contributed by atoms with Crippen LogP contribution in [-0.4, -0.2) is 49.8 Å². The highest BCUT2D eigenvalue weighted by Crippen LogP contribution is 2.15.